The van der Waals surface area contributed by atoms with Crippen LogP contribution in [0.1, 0.15) is 5.56 Å². The molecule has 0 aliphatic carbocycles. The average molecular weight is 357 g/mol. The Morgan fingerprint density at radius 1 is 1.33 bits per heavy atom. The van der Waals surface area contributed by atoms with Crippen molar-refractivity contribution in [1.82, 2.24) is 19.5 Å². The van der Waals surface area contributed by atoms with Gasteiger partial charge in [0.1, 0.15) is 23.4 Å². The molecular weight excluding hydrogens is 349 g/mol. The number of carbonyl (C=O) groups excluding carboxylic acids is 1. The molecule has 0 radical (unpaired) electrons. The molecule has 0 bridgehead atoms. The van der Waals surface area contributed by atoms with Crippen molar-refractivity contribution in [2.24, 2.45) is 0 Å². The van der Waals surface area contributed by atoms with E-state index in [-0.39, 0.29) is 28.7 Å². The molecule has 0 aromatic carbocycles. The minimum Gasteiger partial charge on any atom is -0.345 e. The molecule has 3 heterocycles. The number of rotatable bonds is 3. The number of nitrogens with one attached hydrogen (secondary N) is 1. The number of hydrogen-bond donors (Lipinski definition) is 1. The Balaban J connectivity index is 2.26. The van der Waals surface area contributed by atoms with Gasteiger partial charge >= 0.3 is 6.18 Å². The Morgan fingerprint density at radius 3 is 2.75 bits per heavy atom. The Morgan fingerprint density at radius 2 is 2.08 bits per heavy atom. The summed E-state index contributed by atoms with van der Waals surface area (Å²) in [5.41, 5.74) is -1.21. The molecule has 0 saturated heterocycles. The predicted molar refractivity (Wildman–Crippen MR) is 79.7 cm³/mol. The van der Waals surface area contributed by atoms with E-state index in [2.05, 4.69) is 15.0 Å². The van der Waals surface area contributed by atoms with Crippen LogP contribution in [-0.2, 0) is 17.5 Å². The first-order valence-corrected chi connectivity index (χ1v) is 6.94. The van der Waals surface area contributed by atoms with Gasteiger partial charge in [-0.1, -0.05) is 11.6 Å². The van der Waals surface area contributed by atoms with Crippen LogP contribution in [-0.4, -0.2) is 25.8 Å². The molecule has 0 amide bonds. The van der Waals surface area contributed by atoms with Crippen molar-refractivity contribution < 1.29 is 18.0 Å². The second kappa shape index (κ2) is 5.75. The number of aldehydes is 1. The van der Waals surface area contributed by atoms with Gasteiger partial charge in [-0.3, -0.25) is 9.36 Å². The third-order valence-corrected chi connectivity index (χ3v) is 3.69. The van der Waals surface area contributed by atoms with E-state index in [4.69, 9.17) is 11.6 Å². The highest BCUT2D eigenvalue weighted by Crippen LogP contribution is 2.36. The topological polar surface area (TPSA) is 80.6 Å². The summed E-state index contributed by atoms with van der Waals surface area (Å²) >= 11 is 5.50. The maximum atomic E-state index is 13.0. The van der Waals surface area contributed by atoms with Crippen molar-refractivity contribution in [3.05, 3.63) is 45.9 Å². The van der Waals surface area contributed by atoms with Gasteiger partial charge in [0.05, 0.1) is 17.5 Å². The quantitative estimate of drug-likeness (QED) is 0.578. The molecule has 0 unspecified atom stereocenters. The highest BCUT2D eigenvalue weighted by molar-refractivity contribution is 6.30. The van der Waals surface area contributed by atoms with Crippen molar-refractivity contribution in [1.29, 1.82) is 0 Å². The number of fused-ring (bicyclic) bond motifs is 1. The molecule has 0 aliphatic heterocycles. The van der Waals surface area contributed by atoms with Gasteiger partial charge in [-0.2, -0.15) is 13.2 Å². The number of hydrogen-bond acceptors (Lipinski definition) is 4. The standard InChI is InChI=1S/C14H8ClF3N4O2/c15-11-9(14(16,17)18)3-7(4-19-11)8-5-20-12-10(8)13(24)22(1-2-23)6-21-12/h2-6,20H,1H2. The van der Waals surface area contributed by atoms with Crippen LogP contribution in [0.3, 0.4) is 0 Å². The smallest absolute Gasteiger partial charge is 0.345 e. The summed E-state index contributed by atoms with van der Waals surface area (Å²) in [4.78, 5) is 33.2. The van der Waals surface area contributed by atoms with Crippen molar-refractivity contribution in [2.45, 2.75) is 12.7 Å². The van der Waals surface area contributed by atoms with Crippen molar-refractivity contribution in [3.8, 4) is 11.1 Å². The summed E-state index contributed by atoms with van der Waals surface area (Å²) in [5, 5.41) is -0.612. The van der Waals surface area contributed by atoms with Crippen LogP contribution in [0.15, 0.2) is 29.6 Å². The summed E-state index contributed by atoms with van der Waals surface area (Å²) in [6.07, 6.45) is -0.484. The van der Waals surface area contributed by atoms with Gasteiger partial charge in [0.2, 0.25) is 0 Å². The van der Waals surface area contributed by atoms with Crippen molar-refractivity contribution in [3.63, 3.8) is 0 Å². The summed E-state index contributed by atoms with van der Waals surface area (Å²) in [7, 11) is 0. The molecule has 0 saturated carbocycles. The maximum absolute atomic E-state index is 13.0. The fourth-order valence-corrected chi connectivity index (χ4v) is 2.50. The molecule has 0 atom stereocenters. The fourth-order valence-electron chi connectivity index (χ4n) is 2.29. The SMILES string of the molecule is O=CCn1cnc2[nH]cc(-c3cnc(Cl)c(C(F)(F)F)c3)c2c1=O. The van der Waals surface area contributed by atoms with E-state index >= 15 is 0 Å². The number of alkyl halides is 3. The van der Waals surface area contributed by atoms with E-state index < -0.39 is 22.5 Å². The number of nitrogens with zero attached hydrogens (tertiary/aromatic N) is 3. The van der Waals surface area contributed by atoms with Crippen LogP contribution in [0.5, 0.6) is 0 Å². The number of aromatic amines is 1. The zero-order valence-electron chi connectivity index (χ0n) is 11.8. The normalized spacial score (nSPS) is 11.8. The largest absolute Gasteiger partial charge is 0.419 e. The number of carbonyl (C=O) groups is 1. The molecule has 3 aromatic rings. The third-order valence-electron chi connectivity index (χ3n) is 3.39. The van der Waals surface area contributed by atoms with Crippen molar-refractivity contribution in [2.75, 3.05) is 0 Å². The Hall–Kier alpha value is -2.68. The van der Waals surface area contributed by atoms with E-state index in [0.717, 1.165) is 16.8 Å². The first-order valence-electron chi connectivity index (χ1n) is 6.56. The Bertz CT molecular complexity index is 994. The van der Waals surface area contributed by atoms with E-state index in [0.29, 0.717) is 6.29 Å². The molecule has 124 valence electrons. The molecule has 3 rings (SSSR count). The first kappa shape index (κ1) is 16.2. The van der Waals surface area contributed by atoms with Gasteiger partial charge in [-0.15, -0.1) is 0 Å². The molecule has 0 spiro atoms. The van der Waals surface area contributed by atoms with Crippen molar-refractivity contribution >= 4 is 28.9 Å². The summed E-state index contributed by atoms with van der Waals surface area (Å²) in [6.45, 7) is -0.209. The fraction of sp³-hybridized carbons (Fsp3) is 0.143. The van der Waals surface area contributed by atoms with Gasteiger partial charge < -0.3 is 9.78 Å². The number of H-pyrrole nitrogens is 1. The molecule has 6 nitrogen and oxygen atoms in total. The summed E-state index contributed by atoms with van der Waals surface area (Å²) < 4.78 is 40.0. The minimum atomic E-state index is -4.68. The van der Waals surface area contributed by atoms with E-state index in [1.165, 1.54) is 12.5 Å². The highest BCUT2D eigenvalue weighted by atomic mass is 35.5. The molecule has 0 fully saturated rings. The van der Waals surface area contributed by atoms with Crippen LogP contribution in [0.25, 0.3) is 22.2 Å². The van der Waals surface area contributed by atoms with E-state index in [9.17, 15) is 22.8 Å². The van der Waals surface area contributed by atoms with Gasteiger partial charge in [0, 0.05) is 23.5 Å². The zero-order valence-corrected chi connectivity index (χ0v) is 12.5. The van der Waals surface area contributed by atoms with Gasteiger partial charge in [-0.25, -0.2) is 9.97 Å². The summed E-state index contributed by atoms with van der Waals surface area (Å²) in [6, 6.07) is 0.814. The molecule has 3 aromatic heterocycles. The van der Waals surface area contributed by atoms with E-state index in [1.807, 2.05) is 0 Å². The number of pyridine rings is 1. The second-order valence-electron chi connectivity index (χ2n) is 4.85. The molecule has 0 aliphatic rings. The van der Waals surface area contributed by atoms with Crippen LogP contribution >= 0.6 is 11.6 Å². The number of halogens is 4. The number of aromatic nitrogens is 4. The lowest BCUT2D eigenvalue weighted by Crippen LogP contribution is -2.21. The van der Waals surface area contributed by atoms with Crippen LogP contribution in [0, 0.1) is 0 Å². The van der Waals surface area contributed by atoms with Crippen LogP contribution in [0.2, 0.25) is 5.15 Å². The monoisotopic (exact) mass is 356 g/mol. The predicted octanol–water partition coefficient (Wildman–Crippen LogP) is 2.66. The zero-order chi connectivity index (χ0) is 17.5. The third kappa shape index (κ3) is 2.67. The molecule has 1 N–H and O–H groups in total. The molecule has 24 heavy (non-hydrogen) atoms. The van der Waals surface area contributed by atoms with Crippen LogP contribution < -0.4 is 5.56 Å². The molecular formula is C14H8ClF3N4O2. The maximum Gasteiger partial charge on any atom is 0.419 e. The van der Waals surface area contributed by atoms with Gasteiger partial charge in [0.25, 0.3) is 5.56 Å². The Labute approximate surface area is 136 Å². The highest BCUT2D eigenvalue weighted by Gasteiger charge is 2.34. The molecule has 10 heteroatoms. The lowest BCUT2D eigenvalue weighted by Gasteiger charge is -2.09. The Kier molecular flexibility index (Phi) is 3.88. The average Bonchev–Trinajstić information content (AvgIpc) is 2.94. The van der Waals surface area contributed by atoms with E-state index in [1.54, 1.807) is 0 Å². The first-order chi connectivity index (χ1) is 11.3. The second-order valence-corrected chi connectivity index (χ2v) is 5.21. The summed E-state index contributed by atoms with van der Waals surface area (Å²) in [5.74, 6) is 0. The lowest BCUT2D eigenvalue weighted by molar-refractivity contribution is -0.137. The lowest BCUT2D eigenvalue weighted by atomic mass is 10.1. The van der Waals surface area contributed by atoms with Gasteiger partial charge in [0.15, 0.2) is 0 Å². The van der Waals surface area contributed by atoms with Crippen LogP contribution in [0.4, 0.5) is 13.2 Å². The minimum absolute atomic E-state index is 0.0562. The van der Waals surface area contributed by atoms with Gasteiger partial charge in [-0.05, 0) is 6.07 Å².